The van der Waals surface area contributed by atoms with E-state index in [4.69, 9.17) is 9.47 Å². The third kappa shape index (κ3) is 35.1. The highest BCUT2D eigenvalue weighted by Crippen LogP contribution is 2.23. The zero-order valence-corrected chi connectivity index (χ0v) is 33.4. The van der Waals surface area contributed by atoms with Crippen LogP contribution in [-0.4, -0.2) is 61.4 Å². The summed E-state index contributed by atoms with van der Waals surface area (Å²) in [5.41, 5.74) is 0. The van der Waals surface area contributed by atoms with Crippen LogP contribution in [0.5, 0.6) is 0 Å². The molecule has 1 N–H and O–H groups in total. The van der Waals surface area contributed by atoms with E-state index in [0.717, 1.165) is 83.6 Å². The number of rotatable bonds is 39. The number of likely N-dealkylation sites (N-methyl/N-ethyl adjacent to an activating group) is 1. The summed E-state index contributed by atoms with van der Waals surface area (Å²) in [6, 6.07) is 0. The van der Waals surface area contributed by atoms with Crippen molar-refractivity contribution in [2.75, 3.05) is 33.4 Å². The van der Waals surface area contributed by atoms with Crippen molar-refractivity contribution in [3.05, 3.63) is 0 Å². The summed E-state index contributed by atoms with van der Waals surface area (Å²) in [6.07, 6.45) is 35.4. The first kappa shape index (κ1) is 47.9. The lowest BCUT2D eigenvalue weighted by Crippen LogP contribution is -2.23. The Labute approximate surface area is 305 Å². The van der Waals surface area contributed by atoms with Gasteiger partial charge in [0.25, 0.3) is 0 Å². The summed E-state index contributed by atoms with van der Waals surface area (Å²) in [4.78, 5) is 27.6. The number of hydrogen-bond donors (Lipinski definition) is 1. The van der Waals surface area contributed by atoms with Gasteiger partial charge in [0.15, 0.2) is 0 Å². The number of aliphatic hydroxyl groups is 1. The van der Waals surface area contributed by atoms with Crippen LogP contribution in [0.4, 0.5) is 0 Å². The van der Waals surface area contributed by atoms with Gasteiger partial charge in [-0.15, -0.1) is 0 Å². The van der Waals surface area contributed by atoms with Crippen molar-refractivity contribution in [2.45, 2.75) is 226 Å². The molecule has 6 heteroatoms. The minimum Gasteiger partial charge on any atom is -0.466 e. The summed E-state index contributed by atoms with van der Waals surface area (Å²) >= 11 is 0. The number of ether oxygens (including phenoxy) is 2. The summed E-state index contributed by atoms with van der Waals surface area (Å²) in [5.74, 6) is 0.400. The van der Waals surface area contributed by atoms with Crippen molar-refractivity contribution in [3.8, 4) is 0 Å². The van der Waals surface area contributed by atoms with Crippen molar-refractivity contribution in [2.24, 2.45) is 5.92 Å². The van der Waals surface area contributed by atoms with Gasteiger partial charge >= 0.3 is 11.9 Å². The first-order valence-corrected chi connectivity index (χ1v) is 21.6. The molecule has 0 rings (SSSR count). The molecule has 0 radical (unpaired) electrons. The molecule has 1 unspecified atom stereocenters. The molecule has 0 aliphatic carbocycles. The van der Waals surface area contributed by atoms with Gasteiger partial charge in [-0.25, -0.2) is 0 Å². The highest BCUT2D eigenvalue weighted by Gasteiger charge is 2.17. The third-order valence-electron chi connectivity index (χ3n) is 10.2. The van der Waals surface area contributed by atoms with Crippen molar-refractivity contribution >= 4 is 11.9 Å². The SMILES string of the molecule is CCCCCCCCCCCOC(=O)CCCC(CCCC(=O)OC(CCCCCCCC)CCCCCCCC)CCCN(C)CCO. The van der Waals surface area contributed by atoms with Gasteiger partial charge in [0, 0.05) is 19.4 Å². The van der Waals surface area contributed by atoms with Crippen molar-refractivity contribution in [1.29, 1.82) is 0 Å². The normalized spacial score (nSPS) is 12.2. The maximum atomic E-state index is 13.0. The molecule has 0 saturated carbocycles. The van der Waals surface area contributed by atoms with Crippen molar-refractivity contribution in [3.63, 3.8) is 0 Å². The van der Waals surface area contributed by atoms with Gasteiger partial charge in [-0.1, -0.05) is 136 Å². The van der Waals surface area contributed by atoms with E-state index in [2.05, 4.69) is 32.7 Å². The number of carbonyl (C=O) groups excluding carboxylic acids is 2. The topological polar surface area (TPSA) is 76.1 Å². The molecular weight excluding hydrogens is 610 g/mol. The Hall–Kier alpha value is -1.14. The second-order valence-corrected chi connectivity index (χ2v) is 15.1. The molecule has 0 aromatic heterocycles. The number of hydrogen-bond acceptors (Lipinski definition) is 6. The van der Waals surface area contributed by atoms with Gasteiger partial charge in [-0.3, -0.25) is 9.59 Å². The summed E-state index contributed by atoms with van der Waals surface area (Å²) in [6.45, 7) is 9.15. The third-order valence-corrected chi connectivity index (χ3v) is 10.2. The van der Waals surface area contributed by atoms with E-state index in [1.165, 1.54) is 109 Å². The highest BCUT2D eigenvalue weighted by molar-refractivity contribution is 5.69. The number of unbranched alkanes of at least 4 members (excludes halogenated alkanes) is 18. The quantitative estimate of drug-likeness (QED) is 0.0509. The molecule has 0 aliphatic heterocycles. The van der Waals surface area contributed by atoms with E-state index in [9.17, 15) is 14.7 Å². The van der Waals surface area contributed by atoms with Crippen LogP contribution in [0.3, 0.4) is 0 Å². The lowest BCUT2D eigenvalue weighted by atomic mass is 9.91. The maximum Gasteiger partial charge on any atom is 0.306 e. The van der Waals surface area contributed by atoms with Crippen LogP contribution >= 0.6 is 0 Å². The zero-order valence-electron chi connectivity index (χ0n) is 33.4. The standard InChI is InChI=1S/C43H85NO5/c1-5-8-11-14-17-18-19-22-25-39-48-42(46)34-26-29-40(31-28-36-44(4)37-38-45)30-27-35-43(47)49-41(32-23-20-15-12-9-6-2)33-24-21-16-13-10-7-3/h40-41,45H,5-39H2,1-4H3. The van der Waals surface area contributed by atoms with Crippen molar-refractivity contribution < 1.29 is 24.2 Å². The highest BCUT2D eigenvalue weighted by atomic mass is 16.5. The molecule has 0 saturated heterocycles. The molecule has 0 amide bonds. The van der Waals surface area contributed by atoms with Crippen molar-refractivity contribution in [1.82, 2.24) is 4.90 Å². The van der Waals surface area contributed by atoms with Gasteiger partial charge in [0.05, 0.1) is 13.2 Å². The fourth-order valence-corrected chi connectivity index (χ4v) is 6.92. The molecule has 0 aliphatic rings. The molecule has 0 fully saturated rings. The summed E-state index contributed by atoms with van der Waals surface area (Å²) in [5, 5.41) is 9.25. The number of esters is 2. The number of carbonyl (C=O) groups is 2. The fraction of sp³-hybridized carbons (Fsp3) is 0.953. The van der Waals surface area contributed by atoms with E-state index in [1.54, 1.807) is 0 Å². The van der Waals surface area contributed by atoms with Gasteiger partial charge < -0.3 is 19.5 Å². The van der Waals surface area contributed by atoms with Crippen LogP contribution < -0.4 is 0 Å². The van der Waals surface area contributed by atoms with E-state index >= 15 is 0 Å². The Morgan fingerprint density at radius 3 is 1.43 bits per heavy atom. The largest absolute Gasteiger partial charge is 0.466 e. The predicted octanol–water partition coefficient (Wildman–Crippen LogP) is 12.1. The average Bonchev–Trinajstić information content (AvgIpc) is 3.08. The van der Waals surface area contributed by atoms with Crippen LogP contribution in [0.15, 0.2) is 0 Å². The molecule has 49 heavy (non-hydrogen) atoms. The summed E-state index contributed by atoms with van der Waals surface area (Å²) < 4.78 is 11.6. The molecule has 292 valence electrons. The van der Waals surface area contributed by atoms with Crippen LogP contribution in [-0.2, 0) is 19.1 Å². The van der Waals surface area contributed by atoms with E-state index in [-0.39, 0.29) is 24.6 Å². The monoisotopic (exact) mass is 696 g/mol. The maximum absolute atomic E-state index is 13.0. The van der Waals surface area contributed by atoms with Crippen LogP contribution in [0.25, 0.3) is 0 Å². The second-order valence-electron chi connectivity index (χ2n) is 15.1. The molecule has 0 aromatic rings. The lowest BCUT2D eigenvalue weighted by Gasteiger charge is -2.20. The predicted molar refractivity (Wildman–Crippen MR) is 209 cm³/mol. The van der Waals surface area contributed by atoms with Crippen LogP contribution in [0.1, 0.15) is 220 Å². The fourth-order valence-electron chi connectivity index (χ4n) is 6.92. The smallest absolute Gasteiger partial charge is 0.306 e. The van der Waals surface area contributed by atoms with E-state index < -0.39 is 0 Å². The minimum absolute atomic E-state index is 0.0246. The molecule has 0 heterocycles. The molecule has 0 bridgehead atoms. The first-order chi connectivity index (χ1) is 24.0. The first-order valence-electron chi connectivity index (χ1n) is 21.6. The Morgan fingerprint density at radius 2 is 0.939 bits per heavy atom. The van der Waals surface area contributed by atoms with Gasteiger partial charge in [-0.05, 0) is 90.1 Å². The van der Waals surface area contributed by atoms with Gasteiger partial charge in [0.1, 0.15) is 6.10 Å². The van der Waals surface area contributed by atoms with Crippen LogP contribution in [0, 0.1) is 5.92 Å². The molecular formula is C43H85NO5. The number of aliphatic hydroxyl groups excluding tert-OH is 1. The summed E-state index contributed by atoms with van der Waals surface area (Å²) in [7, 11) is 2.05. The second kappa shape index (κ2) is 38.1. The number of nitrogens with zero attached hydrogens (tertiary/aromatic N) is 1. The average molecular weight is 696 g/mol. The van der Waals surface area contributed by atoms with Gasteiger partial charge in [-0.2, -0.15) is 0 Å². The molecule has 1 atom stereocenters. The van der Waals surface area contributed by atoms with E-state index in [1.807, 2.05) is 0 Å². The zero-order chi connectivity index (χ0) is 36.0. The Morgan fingerprint density at radius 1 is 0.510 bits per heavy atom. The molecule has 0 spiro atoms. The molecule has 0 aromatic carbocycles. The lowest BCUT2D eigenvalue weighted by molar-refractivity contribution is -0.150. The Bertz CT molecular complexity index is 686. The molecule has 6 nitrogen and oxygen atoms in total. The van der Waals surface area contributed by atoms with Gasteiger partial charge in [0.2, 0.25) is 0 Å². The Kier molecular flexibility index (Phi) is 37.2. The minimum atomic E-state index is -0.0636. The van der Waals surface area contributed by atoms with Crippen LogP contribution in [0.2, 0.25) is 0 Å². The Balaban J connectivity index is 4.58. The van der Waals surface area contributed by atoms with E-state index in [0.29, 0.717) is 31.9 Å².